The number of amides is 1. The van der Waals surface area contributed by atoms with E-state index >= 15 is 0 Å². The van der Waals surface area contributed by atoms with Crippen molar-refractivity contribution in [2.75, 3.05) is 58.3 Å². The number of rotatable bonds is 7. The van der Waals surface area contributed by atoms with Gasteiger partial charge < -0.3 is 15.1 Å². The monoisotopic (exact) mass is 367 g/mol. The zero-order valence-electron chi connectivity index (χ0n) is 16.3. The average molecular weight is 367 g/mol. The summed E-state index contributed by atoms with van der Waals surface area (Å²) in [6, 6.07) is 14.4. The fourth-order valence-electron chi connectivity index (χ4n) is 3.20. The van der Waals surface area contributed by atoms with E-state index in [0.717, 1.165) is 45.0 Å². The fraction of sp³-hybridized carbons (Fsp3) is 0.429. The van der Waals surface area contributed by atoms with Crippen LogP contribution in [0.25, 0.3) is 0 Å². The molecule has 1 amide bonds. The van der Waals surface area contributed by atoms with E-state index < -0.39 is 0 Å². The molecular formula is C21H29N5O. The predicted molar refractivity (Wildman–Crippen MR) is 109 cm³/mol. The van der Waals surface area contributed by atoms with E-state index in [1.165, 1.54) is 5.56 Å². The van der Waals surface area contributed by atoms with Gasteiger partial charge >= 0.3 is 0 Å². The minimum atomic E-state index is -0.115. The van der Waals surface area contributed by atoms with Crippen LogP contribution in [0.3, 0.4) is 0 Å². The number of nitrogens with zero attached hydrogens (tertiary/aromatic N) is 4. The zero-order valence-corrected chi connectivity index (χ0v) is 16.3. The molecule has 1 aromatic carbocycles. The number of nitrogens with one attached hydrogen (secondary N) is 1. The average Bonchev–Trinajstić information content (AvgIpc) is 2.69. The molecule has 1 N–H and O–H groups in total. The van der Waals surface area contributed by atoms with Crippen LogP contribution in [-0.4, -0.2) is 74.1 Å². The van der Waals surface area contributed by atoms with E-state index in [2.05, 4.69) is 50.4 Å². The Morgan fingerprint density at radius 2 is 1.81 bits per heavy atom. The van der Waals surface area contributed by atoms with Crippen molar-refractivity contribution in [3.63, 3.8) is 0 Å². The number of likely N-dealkylation sites (N-methyl/N-ethyl adjacent to an activating group) is 1. The predicted octanol–water partition coefficient (Wildman–Crippen LogP) is 1.70. The second-order valence-corrected chi connectivity index (χ2v) is 7.21. The highest BCUT2D eigenvalue weighted by molar-refractivity contribution is 5.92. The van der Waals surface area contributed by atoms with Gasteiger partial charge in [0, 0.05) is 45.8 Å². The topological polar surface area (TPSA) is 51.7 Å². The van der Waals surface area contributed by atoms with Crippen molar-refractivity contribution in [2.45, 2.75) is 6.54 Å². The van der Waals surface area contributed by atoms with Crippen LogP contribution in [-0.2, 0) is 6.54 Å². The molecule has 0 radical (unpaired) electrons. The maximum Gasteiger partial charge on any atom is 0.269 e. The van der Waals surface area contributed by atoms with Crippen LogP contribution in [0.1, 0.15) is 16.1 Å². The lowest BCUT2D eigenvalue weighted by molar-refractivity contribution is 0.0946. The number of hydrogen-bond donors (Lipinski definition) is 1. The molecule has 2 aromatic rings. The minimum absolute atomic E-state index is 0.115. The maximum atomic E-state index is 12.1. The van der Waals surface area contributed by atoms with Gasteiger partial charge in [0.15, 0.2) is 0 Å². The number of piperazine rings is 1. The summed E-state index contributed by atoms with van der Waals surface area (Å²) in [7, 11) is 3.97. The molecule has 2 heterocycles. The summed E-state index contributed by atoms with van der Waals surface area (Å²) in [5.74, 6) is -0.115. The quantitative estimate of drug-likeness (QED) is 0.807. The van der Waals surface area contributed by atoms with E-state index in [0.29, 0.717) is 12.2 Å². The number of hydrogen-bond acceptors (Lipinski definition) is 5. The molecule has 0 bridgehead atoms. The minimum Gasteiger partial charge on any atom is -0.368 e. The second-order valence-electron chi connectivity index (χ2n) is 7.21. The lowest BCUT2D eigenvalue weighted by Gasteiger charge is -2.36. The summed E-state index contributed by atoms with van der Waals surface area (Å²) in [5, 5.41) is 2.89. The van der Waals surface area contributed by atoms with Crippen molar-refractivity contribution in [1.29, 1.82) is 0 Å². The van der Waals surface area contributed by atoms with Gasteiger partial charge in [-0.25, -0.2) is 4.98 Å². The highest BCUT2D eigenvalue weighted by Gasteiger charge is 2.18. The highest BCUT2D eigenvalue weighted by atomic mass is 16.1. The summed E-state index contributed by atoms with van der Waals surface area (Å²) in [4.78, 5) is 23.3. The van der Waals surface area contributed by atoms with Crippen molar-refractivity contribution >= 4 is 11.6 Å². The Hall–Kier alpha value is -2.44. The number of aromatic nitrogens is 1. The Labute approximate surface area is 161 Å². The Balaban J connectivity index is 1.47. The van der Waals surface area contributed by atoms with Gasteiger partial charge in [-0.1, -0.05) is 30.3 Å². The molecule has 1 aromatic heterocycles. The number of carbonyl (C=O) groups is 1. The Morgan fingerprint density at radius 3 is 2.44 bits per heavy atom. The van der Waals surface area contributed by atoms with Crippen molar-refractivity contribution in [3.8, 4) is 0 Å². The smallest absolute Gasteiger partial charge is 0.269 e. The van der Waals surface area contributed by atoms with Gasteiger partial charge in [0.05, 0.1) is 11.9 Å². The Morgan fingerprint density at radius 1 is 1.07 bits per heavy atom. The van der Waals surface area contributed by atoms with Crippen LogP contribution < -0.4 is 10.2 Å². The van der Waals surface area contributed by atoms with E-state index in [1.54, 1.807) is 0 Å². The SMILES string of the molecule is CN(C)CCNC(=O)c1ccc(N2CCN(Cc3ccccc3)CC2)cn1. The van der Waals surface area contributed by atoms with Gasteiger partial charge in [0.25, 0.3) is 5.91 Å². The van der Waals surface area contributed by atoms with Crippen LogP contribution in [0.4, 0.5) is 5.69 Å². The van der Waals surface area contributed by atoms with E-state index in [9.17, 15) is 4.79 Å². The molecule has 0 saturated carbocycles. The number of anilines is 1. The summed E-state index contributed by atoms with van der Waals surface area (Å²) >= 11 is 0. The molecule has 1 aliphatic heterocycles. The molecule has 144 valence electrons. The van der Waals surface area contributed by atoms with Crippen LogP contribution in [0.15, 0.2) is 48.7 Å². The van der Waals surface area contributed by atoms with E-state index in [-0.39, 0.29) is 5.91 Å². The molecule has 6 nitrogen and oxygen atoms in total. The molecule has 0 atom stereocenters. The molecule has 0 spiro atoms. The molecule has 0 aliphatic carbocycles. The normalized spacial score (nSPS) is 15.1. The van der Waals surface area contributed by atoms with Gasteiger partial charge in [-0.3, -0.25) is 9.69 Å². The highest BCUT2D eigenvalue weighted by Crippen LogP contribution is 2.17. The Bertz CT molecular complexity index is 709. The summed E-state index contributed by atoms with van der Waals surface area (Å²) in [6.07, 6.45) is 1.81. The molecule has 0 unspecified atom stereocenters. The number of carbonyl (C=O) groups excluding carboxylic acids is 1. The largest absolute Gasteiger partial charge is 0.368 e. The van der Waals surface area contributed by atoms with Gasteiger partial charge in [0.1, 0.15) is 5.69 Å². The molecular weight excluding hydrogens is 338 g/mol. The number of pyridine rings is 1. The summed E-state index contributed by atoms with van der Waals surface area (Å²) < 4.78 is 0. The zero-order chi connectivity index (χ0) is 19.1. The molecule has 1 saturated heterocycles. The van der Waals surface area contributed by atoms with Crippen LogP contribution in [0, 0.1) is 0 Å². The number of benzene rings is 1. The summed E-state index contributed by atoms with van der Waals surface area (Å²) in [6.45, 7) is 6.45. The van der Waals surface area contributed by atoms with Crippen molar-refractivity contribution in [1.82, 2.24) is 20.1 Å². The second kappa shape index (κ2) is 9.48. The van der Waals surface area contributed by atoms with Gasteiger partial charge in [-0.05, 0) is 31.8 Å². The third-order valence-electron chi connectivity index (χ3n) is 4.81. The molecule has 6 heteroatoms. The third kappa shape index (κ3) is 5.77. The van der Waals surface area contributed by atoms with E-state index in [4.69, 9.17) is 0 Å². The molecule has 1 aliphatic rings. The van der Waals surface area contributed by atoms with Gasteiger partial charge in [0.2, 0.25) is 0 Å². The van der Waals surface area contributed by atoms with Crippen LogP contribution in [0.2, 0.25) is 0 Å². The standard InChI is InChI=1S/C21H29N5O/c1-24(2)11-10-22-21(27)20-9-8-19(16-23-20)26-14-12-25(13-15-26)17-18-6-4-3-5-7-18/h3-9,16H,10-15,17H2,1-2H3,(H,22,27). The van der Waals surface area contributed by atoms with E-state index in [1.807, 2.05) is 37.3 Å². The third-order valence-corrected chi connectivity index (χ3v) is 4.81. The van der Waals surface area contributed by atoms with Crippen molar-refractivity contribution in [3.05, 3.63) is 59.9 Å². The fourth-order valence-corrected chi connectivity index (χ4v) is 3.20. The van der Waals surface area contributed by atoms with Crippen molar-refractivity contribution < 1.29 is 4.79 Å². The lowest BCUT2D eigenvalue weighted by atomic mass is 10.2. The first-order chi connectivity index (χ1) is 13.1. The summed E-state index contributed by atoms with van der Waals surface area (Å²) in [5.41, 5.74) is 2.91. The maximum absolute atomic E-state index is 12.1. The lowest BCUT2D eigenvalue weighted by Crippen LogP contribution is -2.46. The van der Waals surface area contributed by atoms with Gasteiger partial charge in [-0.2, -0.15) is 0 Å². The first-order valence-electron chi connectivity index (χ1n) is 9.52. The van der Waals surface area contributed by atoms with Crippen LogP contribution >= 0.6 is 0 Å². The van der Waals surface area contributed by atoms with Crippen LogP contribution in [0.5, 0.6) is 0 Å². The first kappa shape index (κ1) is 19.3. The molecule has 27 heavy (non-hydrogen) atoms. The Kier molecular flexibility index (Phi) is 6.79. The molecule has 3 rings (SSSR count). The van der Waals surface area contributed by atoms with Gasteiger partial charge in [-0.15, -0.1) is 0 Å². The first-order valence-corrected chi connectivity index (χ1v) is 9.52. The molecule has 1 fully saturated rings. The van der Waals surface area contributed by atoms with Crippen molar-refractivity contribution in [2.24, 2.45) is 0 Å².